The molecular formula is C15H21ClN2O5. The number of nitro benzene ring substituents is 1. The number of aromatic hydroxyl groups is 2. The predicted octanol–water partition coefficient (Wildman–Crippen LogP) is 2.88. The van der Waals surface area contributed by atoms with Gasteiger partial charge in [0.1, 0.15) is 0 Å². The molecule has 23 heavy (non-hydrogen) atoms. The summed E-state index contributed by atoms with van der Waals surface area (Å²) in [5, 5.41) is 29.8. The highest BCUT2D eigenvalue weighted by Gasteiger charge is 2.22. The average Bonchev–Trinajstić information content (AvgIpc) is 2.43. The van der Waals surface area contributed by atoms with Crippen LogP contribution in [-0.4, -0.2) is 45.5 Å². The largest absolute Gasteiger partial charge is 0.504 e. The topological polar surface area (TPSA) is 104 Å². The molecule has 1 fully saturated rings. The van der Waals surface area contributed by atoms with Crippen molar-refractivity contribution in [3.63, 3.8) is 0 Å². The molecule has 1 heterocycles. The van der Waals surface area contributed by atoms with Crippen molar-refractivity contribution in [3.8, 4) is 11.5 Å². The molecule has 7 nitrogen and oxygen atoms in total. The Morgan fingerprint density at radius 3 is 2.26 bits per heavy atom. The Balaban J connectivity index is 0.00000264. The number of hydrogen-bond donors (Lipinski definition) is 2. The van der Waals surface area contributed by atoms with Crippen LogP contribution in [0.5, 0.6) is 11.5 Å². The SMILES string of the molecule is Cl.O=C(CN1CCCCCCC1)c1cc(O)c(O)c([N+](=O)[O-])c1. The Kier molecular flexibility index (Phi) is 7.25. The van der Waals surface area contributed by atoms with Crippen LogP contribution in [0.1, 0.15) is 42.5 Å². The normalized spacial score (nSPS) is 16.0. The van der Waals surface area contributed by atoms with E-state index in [1.54, 1.807) is 0 Å². The Bertz CT molecular complexity index is 571. The zero-order valence-electron chi connectivity index (χ0n) is 12.7. The Labute approximate surface area is 140 Å². The summed E-state index contributed by atoms with van der Waals surface area (Å²) < 4.78 is 0. The first-order valence-corrected chi connectivity index (χ1v) is 7.45. The molecule has 128 valence electrons. The number of rotatable bonds is 4. The van der Waals surface area contributed by atoms with E-state index in [2.05, 4.69) is 0 Å². The van der Waals surface area contributed by atoms with Crippen LogP contribution in [0.3, 0.4) is 0 Å². The molecule has 0 aromatic heterocycles. The van der Waals surface area contributed by atoms with Gasteiger partial charge in [0.2, 0.25) is 5.75 Å². The van der Waals surface area contributed by atoms with E-state index in [0.717, 1.165) is 50.9 Å². The fourth-order valence-corrected chi connectivity index (χ4v) is 2.67. The van der Waals surface area contributed by atoms with E-state index in [1.165, 1.54) is 6.42 Å². The first-order chi connectivity index (χ1) is 10.5. The summed E-state index contributed by atoms with van der Waals surface area (Å²) in [4.78, 5) is 24.3. The van der Waals surface area contributed by atoms with Crippen LogP contribution in [0.4, 0.5) is 5.69 Å². The predicted molar refractivity (Wildman–Crippen MR) is 87.5 cm³/mol. The van der Waals surface area contributed by atoms with Gasteiger partial charge in [-0.1, -0.05) is 19.3 Å². The number of carbonyl (C=O) groups is 1. The van der Waals surface area contributed by atoms with Crippen LogP contribution in [0.2, 0.25) is 0 Å². The Morgan fingerprint density at radius 2 is 1.70 bits per heavy atom. The molecule has 0 unspecified atom stereocenters. The van der Waals surface area contributed by atoms with Crippen LogP contribution in [0, 0.1) is 10.1 Å². The van der Waals surface area contributed by atoms with Crippen molar-refractivity contribution < 1.29 is 19.9 Å². The van der Waals surface area contributed by atoms with Crippen molar-refractivity contribution in [1.82, 2.24) is 4.90 Å². The molecule has 8 heteroatoms. The van der Waals surface area contributed by atoms with Crippen LogP contribution in [0.25, 0.3) is 0 Å². The van der Waals surface area contributed by atoms with E-state index in [1.807, 2.05) is 4.90 Å². The number of carbonyl (C=O) groups excluding carboxylic acids is 1. The number of Topliss-reactive ketones (excluding diaryl/α,β-unsaturated/α-hetero) is 1. The van der Waals surface area contributed by atoms with Crippen molar-refractivity contribution in [2.75, 3.05) is 19.6 Å². The first-order valence-electron chi connectivity index (χ1n) is 7.45. The van der Waals surface area contributed by atoms with Gasteiger partial charge in [-0.15, -0.1) is 12.4 Å². The zero-order valence-corrected chi connectivity index (χ0v) is 13.5. The Hall–Kier alpha value is -1.86. The molecule has 2 rings (SSSR count). The highest BCUT2D eigenvalue weighted by Crippen LogP contribution is 2.36. The van der Waals surface area contributed by atoms with E-state index in [0.29, 0.717) is 0 Å². The van der Waals surface area contributed by atoms with Crippen molar-refractivity contribution in [3.05, 3.63) is 27.8 Å². The minimum Gasteiger partial charge on any atom is -0.504 e. The summed E-state index contributed by atoms with van der Waals surface area (Å²) >= 11 is 0. The van der Waals surface area contributed by atoms with Gasteiger partial charge in [0, 0.05) is 11.6 Å². The smallest absolute Gasteiger partial charge is 0.315 e. The quantitative estimate of drug-likeness (QED) is 0.376. The van der Waals surface area contributed by atoms with Gasteiger partial charge in [-0.25, -0.2) is 0 Å². The average molecular weight is 345 g/mol. The lowest BCUT2D eigenvalue weighted by Crippen LogP contribution is -2.32. The number of likely N-dealkylation sites (tertiary alicyclic amines) is 1. The number of nitro groups is 1. The lowest BCUT2D eigenvalue weighted by Gasteiger charge is -2.23. The summed E-state index contributed by atoms with van der Waals surface area (Å²) in [5.74, 6) is -1.75. The maximum absolute atomic E-state index is 12.3. The van der Waals surface area contributed by atoms with E-state index in [9.17, 15) is 25.1 Å². The lowest BCUT2D eigenvalue weighted by atomic mass is 10.1. The molecule has 1 aliphatic rings. The molecule has 0 spiro atoms. The molecule has 2 N–H and O–H groups in total. The van der Waals surface area contributed by atoms with Crippen LogP contribution >= 0.6 is 12.4 Å². The summed E-state index contributed by atoms with van der Waals surface area (Å²) in [6, 6.07) is 2.09. The van der Waals surface area contributed by atoms with Gasteiger partial charge in [-0.05, 0) is 32.0 Å². The fraction of sp³-hybridized carbons (Fsp3) is 0.533. The standard InChI is InChI=1S/C15H20N2O5.ClH/c18-13-9-11(8-12(15(13)20)17(21)22)14(19)10-16-6-4-2-1-3-5-7-16;/h8-9,18,20H,1-7,10H2;1H. The third-order valence-corrected chi connectivity index (χ3v) is 3.90. The minimum absolute atomic E-state index is 0. The molecular weight excluding hydrogens is 324 g/mol. The van der Waals surface area contributed by atoms with Crippen LogP contribution in [0.15, 0.2) is 12.1 Å². The molecule has 1 saturated heterocycles. The van der Waals surface area contributed by atoms with Gasteiger partial charge in [0.25, 0.3) is 0 Å². The second-order valence-electron chi connectivity index (χ2n) is 5.59. The molecule has 0 bridgehead atoms. The molecule has 0 atom stereocenters. The van der Waals surface area contributed by atoms with Crippen molar-refractivity contribution in [2.24, 2.45) is 0 Å². The first kappa shape index (κ1) is 19.2. The highest BCUT2D eigenvalue weighted by molar-refractivity contribution is 5.99. The highest BCUT2D eigenvalue weighted by atomic mass is 35.5. The zero-order chi connectivity index (χ0) is 16.1. The molecule has 0 amide bonds. The van der Waals surface area contributed by atoms with Gasteiger partial charge in [0.15, 0.2) is 11.5 Å². The molecule has 0 aliphatic carbocycles. The second kappa shape index (κ2) is 8.69. The maximum atomic E-state index is 12.3. The number of benzene rings is 1. The number of phenolic OH excluding ortho intramolecular Hbond substituents is 2. The number of phenols is 2. The second-order valence-corrected chi connectivity index (χ2v) is 5.59. The van der Waals surface area contributed by atoms with Crippen molar-refractivity contribution in [2.45, 2.75) is 32.1 Å². The van der Waals surface area contributed by atoms with Gasteiger partial charge >= 0.3 is 5.69 Å². The number of ketones is 1. The molecule has 1 aromatic carbocycles. The summed E-state index contributed by atoms with van der Waals surface area (Å²) in [5.41, 5.74) is -0.611. The monoisotopic (exact) mass is 344 g/mol. The number of nitrogens with zero attached hydrogens (tertiary/aromatic N) is 2. The maximum Gasteiger partial charge on any atom is 0.315 e. The van der Waals surface area contributed by atoms with Gasteiger partial charge in [-0.3, -0.25) is 19.8 Å². The minimum atomic E-state index is -0.818. The van der Waals surface area contributed by atoms with Gasteiger partial charge in [-0.2, -0.15) is 0 Å². The van der Waals surface area contributed by atoms with Gasteiger partial charge < -0.3 is 10.2 Å². The third-order valence-electron chi connectivity index (χ3n) is 3.90. The summed E-state index contributed by atoms with van der Waals surface area (Å²) in [6.07, 6.45) is 5.59. The van der Waals surface area contributed by atoms with E-state index < -0.39 is 22.1 Å². The molecule has 1 aromatic rings. The third kappa shape index (κ3) is 5.07. The molecule has 0 saturated carbocycles. The van der Waals surface area contributed by atoms with Crippen molar-refractivity contribution in [1.29, 1.82) is 0 Å². The van der Waals surface area contributed by atoms with Crippen LogP contribution in [-0.2, 0) is 0 Å². The van der Waals surface area contributed by atoms with E-state index in [4.69, 9.17) is 0 Å². The van der Waals surface area contributed by atoms with E-state index >= 15 is 0 Å². The Morgan fingerprint density at radius 1 is 1.13 bits per heavy atom. The fourth-order valence-electron chi connectivity index (χ4n) is 2.67. The van der Waals surface area contributed by atoms with Crippen LogP contribution < -0.4 is 0 Å². The van der Waals surface area contributed by atoms with E-state index in [-0.39, 0.29) is 30.3 Å². The van der Waals surface area contributed by atoms with Crippen molar-refractivity contribution >= 4 is 23.9 Å². The summed E-state index contributed by atoms with van der Waals surface area (Å²) in [7, 11) is 0. The lowest BCUT2D eigenvalue weighted by molar-refractivity contribution is -0.386. The number of halogens is 1. The summed E-state index contributed by atoms with van der Waals surface area (Å²) in [6.45, 7) is 1.83. The molecule has 1 aliphatic heterocycles. The number of hydrogen-bond acceptors (Lipinski definition) is 6. The van der Waals surface area contributed by atoms with Gasteiger partial charge in [0.05, 0.1) is 11.5 Å². The molecule has 0 radical (unpaired) electrons.